The zero-order valence-electron chi connectivity index (χ0n) is 13.4. The minimum atomic E-state index is -0.777. The summed E-state index contributed by atoms with van der Waals surface area (Å²) in [5.74, 6) is -0.704. The Labute approximate surface area is 145 Å². The largest absolute Gasteiger partial charge is 0.481 e. The maximum Gasteiger partial charge on any atom is 0.307 e. The predicted molar refractivity (Wildman–Crippen MR) is 87.4 cm³/mol. The van der Waals surface area contributed by atoms with Gasteiger partial charge in [0, 0.05) is 12.1 Å². The van der Waals surface area contributed by atoms with Crippen LogP contribution in [-0.2, 0) is 4.79 Å². The third-order valence-corrected chi connectivity index (χ3v) is 4.35. The van der Waals surface area contributed by atoms with Gasteiger partial charge >= 0.3 is 5.97 Å². The van der Waals surface area contributed by atoms with Crippen molar-refractivity contribution < 1.29 is 18.8 Å². The van der Waals surface area contributed by atoms with Crippen LogP contribution in [0, 0.1) is 18.7 Å². The van der Waals surface area contributed by atoms with E-state index in [0.29, 0.717) is 42.4 Å². The summed E-state index contributed by atoms with van der Waals surface area (Å²) in [6, 6.07) is 4.62. The van der Waals surface area contributed by atoms with Crippen LogP contribution in [0.3, 0.4) is 0 Å². The minimum absolute atomic E-state index is 0. The quantitative estimate of drug-likeness (QED) is 0.907. The highest BCUT2D eigenvalue weighted by molar-refractivity contribution is 5.85. The summed E-state index contributed by atoms with van der Waals surface area (Å²) >= 11 is 0. The fraction of sp³-hybridized carbons (Fsp3) is 0.438. The summed E-state index contributed by atoms with van der Waals surface area (Å²) in [6.07, 6.45) is 0.615. The van der Waals surface area contributed by atoms with Gasteiger partial charge in [0.25, 0.3) is 0 Å². The van der Waals surface area contributed by atoms with Crippen molar-refractivity contribution >= 4 is 18.4 Å². The van der Waals surface area contributed by atoms with E-state index in [1.165, 1.54) is 6.07 Å². The highest BCUT2D eigenvalue weighted by Crippen LogP contribution is 2.28. The van der Waals surface area contributed by atoms with E-state index in [-0.39, 0.29) is 30.2 Å². The highest BCUT2D eigenvalue weighted by atomic mass is 35.5. The number of nitrogens with zero attached hydrogens (tertiary/aromatic N) is 3. The lowest BCUT2D eigenvalue weighted by Crippen LogP contribution is -2.26. The predicted octanol–water partition coefficient (Wildman–Crippen LogP) is 3.07. The summed E-state index contributed by atoms with van der Waals surface area (Å²) < 4.78 is 18.9. The molecule has 24 heavy (non-hydrogen) atoms. The second-order valence-corrected chi connectivity index (χ2v) is 5.91. The third kappa shape index (κ3) is 3.57. The van der Waals surface area contributed by atoms with E-state index in [0.717, 1.165) is 0 Å². The van der Waals surface area contributed by atoms with Crippen molar-refractivity contribution in [2.24, 2.45) is 5.92 Å². The standard InChI is InChI=1S/C16H18FN3O3.ClH/c1-9-3-4-11(7-13(9)17)14-18-15(23-19-14)10(2)20-6-5-12(8-20)16(21)22;/h3-4,7,10,12H,5-6,8H2,1-2H3,(H,21,22);1H. The molecular formula is C16H19ClFN3O3. The molecular weight excluding hydrogens is 337 g/mol. The molecule has 0 radical (unpaired) electrons. The number of likely N-dealkylation sites (tertiary alicyclic amines) is 1. The molecule has 0 saturated carbocycles. The number of hydrogen-bond donors (Lipinski definition) is 1. The summed E-state index contributed by atoms with van der Waals surface area (Å²) in [5.41, 5.74) is 1.11. The Morgan fingerprint density at radius 3 is 2.88 bits per heavy atom. The van der Waals surface area contributed by atoms with Gasteiger partial charge in [0.1, 0.15) is 5.82 Å². The van der Waals surface area contributed by atoms with E-state index in [1.807, 2.05) is 11.8 Å². The number of carboxylic acid groups (broad SMARTS) is 1. The van der Waals surface area contributed by atoms with Gasteiger partial charge in [-0.05, 0) is 38.4 Å². The van der Waals surface area contributed by atoms with Crippen LogP contribution in [0.2, 0.25) is 0 Å². The van der Waals surface area contributed by atoms with E-state index >= 15 is 0 Å². The molecule has 1 fully saturated rings. The average molecular weight is 356 g/mol. The molecule has 0 bridgehead atoms. The van der Waals surface area contributed by atoms with Crippen molar-refractivity contribution in [1.29, 1.82) is 0 Å². The fourth-order valence-corrected chi connectivity index (χ4v) is 2.75. The molecule has 1 aliphatic rings. The van der Waals surface area contributed by atoms with Crippen molar-refractivity contribution in [3.05, 3.63) is 35.5 Å². The summed E-state index contributed by atoms with van der Waals surface area (Å²) in [6.45, 7) is 4.73. The molecule has 8 heteroatoms. The van der Waals surface area contributed by atoms with E-state index in [9.17, 15) is 9.18 Å². The maximum absolute atomic E-state index is 13.6. The van der Waals surface area contributed by atoms with Crippen LogP contribution in [0.4, 0.5) is 4.39 Å². The number of halogens is 2. The normalized spacial score (nSPS) is 19.0. The molecule has 1 aromatic heterocycles. The number of rotatable bonds is 4. The van der Waals surface area contributed by atoms with E-state index in [2.05, 4.69) is 10.1 Å². The first-order valence-corrected chi connectivity index (χ1v) is 7.52. The van der Waals surface area contributed by atoms with Gasteiger partial charge in [0.05, 0.1) is 12.0 Å². The molecule has 2 unspecified atom stereocenters. The van der Waals surface area contributed by atoms with E-state index < -0.39 is 5.97 Å². The van der Waals surface area contributed by atoms with Crippen LogP contribution in [0.1, 0.15) is 30.8 Å². The Morgan fingerprint density at radius 1 is 1.50 bits per heavy atom. The Kier molecular flexibility index (Phi) is 5.56. The van der Waals surface area contributed by atoms with E-state index in [4.69, 9.17) is 9.63 Å². The molecule has 1 saturated heterocycles. The van der Waals surface area contributed by atoms with Crippen molar-refractivity contribution in [1.82, 2.24) is 15.0 Å². The van der Waals surface area contributed by atoms with Gasteiger partial charge in [0.15, 0.2) is 0 Å². The Bertz CT molecular complexity index is 737. The van der Waals surface area contributed by atoms with Crippen molar-refractivity contribution in [2.75, 3.05) is 13.1 Å². The van der Waals surface area contributed by atoms with Gasteiger partial charge in [-0.25, -0.2) is 4.39 Å². The smallest absolute Gasteiger partial charge is 0.307 e. The Hall–Kier alpha value is -1.99. The first-order chi connectivity index (χ1) is 11.0. The van der Waals surface area contributed by atoms with Crippen LogP contribution in [-0.4, -0.2) is 39.2 Å². The van der Waals surface area contributed by atoms with Crippen molar-refractivity contribution in [3.8, 4) is 11.4 Å². The number of aromatic nitrogens is 2. The Morgan fingerprint density at radius 2 is 2.25 bits per heavy atom. The topological polar surface area (TPSA) is 79.5 Å². The van der Waals surface area contributed by atoms with Gasteiger partial charge in [-0.2, -0.15) is 4.98 Å². The molecule has 0 amide bonds. The van der Waals surface area contributed by atoms with Gasteiger partial charge in [-0.3, -0.25) is 9.69 Å². The second-order valence-electron chi connectivity index (χ2n) is 5.91. The zero-order chi connectivity index (χ0) is 16.6. The average Bonchev–Trinajstić information content (AvgIpc) is 3.18. The number of benzene rings is 1. The zero-order valence-corrected chi connectivity index (χ0v) is 14.2. The number of aryl methyl sites for hydroxylation is 1. The van der Waals surface area contributed by atoms with Gasteiger partial charge in [-0.1, -0.05) is 17.3 Å². The summed E-state index contributed by atoms with van der Waals surface area (Å²) in [4.78, 5) is 17.4. The lowest BCUT2D eigenvalue weighted by Gasteiger charge is -2.20. The molecule has 3 rings (SSSR count). The molecule has 0 spiro atoms. The van der Waals surface area contributed by atoms with Crippen LogP contribution in [0.25, 0.3) is 11.4 Å². The van der Waals surface area contributed by atoms with Gasteiger partial charge < -0.3 is 9.63 Å². The fourth-order valence-electron chi connectivity index (χ4n) is 2.75. The van der Waals surface area contributed by atoms with Crippen LogP contribution < -0.4 is 0 Å². The third-order valence-electron chi connectivity index (χ3n) is 4.35. The highest BCUT2D eigenvalue weighted by Gasteiger charge is 2.33. The second kappa shape index (κ2) is 7.27. The number of aliphatic carboxylic acids is 1. The number of carboxylic acids is 1. The number of hydrogen-bond acceptors (Lipinski definition) is 5. The lowest BCUT2D eigenvalue weighted by molar-refractivity contribution is -0.141. The molecule has 2 heterocycles. The molecule has 1 aliphatic heterocycles. The van der Waals surface area contributed by atoms with Crippen LogP contribution in [0.15, 0.2) is 22.7 Å². The monoisotopic (exact) mass is 355 g/mol. The molecule has 2 atom stereocenters. The van der Waals surface area contributed by atoms with Gasteiger partial charge in [0.2, 0.25) is 11.7 Å². The summed E-state index contributed by atoms with van der Waals surface area (Å²) in [7, 11) is 0. The molecule has 2 aromatic rings. The van der Waals surface area contributed by atoms with Crippen LogP contribution >= 0.6 is 12.4 Å². The SMILES string of the molecule is Cc1ccc(-c2noc(C(C)N3CCC(C(=O)O)C3)n2)cc1F.Cl. The first-order valence-electron chi connectivity index (χ1n) is 7.52. The molecule has 0 aliphatic carbocycles. The van der Waals surface area contributed by atoms with Crippen LogP contribution in [0.5, 0.6) is 0 Å². The molecule has 1 aromatic carbocycles. The molecule has 130 valence electrons. The van der Waals surface area contributed by atoms with Gasteiger partial charge in [-0.15, -0.1) is 12.4 Å². The van der Waals surface area contributed by atoms with Crippen molar-refractivity contribution in [3.63, 3.8) is 0 Å². The maximum atomic E-state index is 13.6. The minimum Gasteiger partial charge on any atom is -0.481 e. The van der Waals surface area contributed by atoms with E-state index in [1.54, 1.807) is 19.1 Å². The molecule has 1 N–H and O–H groups in total. The first kappa shape index (κ1) is 18.4. The molecule has 6 nitrogen and oxygen atoms in total. The summed E-state index contributed by atoms with van der Waals surface area (Å²) in [5, 5.41) is 13.0. The van der Waals surface area contributed by atoms with Crippen molar-refractivity contribution in [2.45, 2.75) is 26.3 Å². The Balaban J connectivity index is 0.00000208. The lowest BCUT2D eigenvalue weighted by atomic mass is 10.1. The number of carbonyl (C=O) groups is 1.